The second-order valence-electron chi connectivity index (χ2n) is 7.57. The molecule has 1 aliphatic rings. The highest BCUT2D eigenvalue weighted by Crippen LogP contribution is 2.30. The lowest BCUT2D eigenvalue weighted by atomic mass is 10.1. The van der Waals surface area contributed by atoms with Crippen LogP contribution in [0, 0.1) is 0 Å². The van der Waals surface area contributed by atoms with E-state index in [1.807, 2.05) is 30.3 Å². The number of halogens is 1. The summed E-state index contributed by atoms with van der Waals surface area (Å²) in [7, 11) is 0. The van der Waals surface area contributed by atoms with Crippen molar-refractivity contribution >= 4 is 52.4 Å². The summed E-state index contributed by atoms with van der Waals surface area (Å²) in [4.78, 5) is 33.3. The van der Waals surface area contributed by atoms with Gasteiger partial charge in [0.1, 0.15) is 17.3 Å². The quantitative estimate of drug-likeness (QED) is 0.390. The van der Waals surface area contributed by atoms with Crippen LogP contribution in [0.15, 0.2) is 66.9 Å². The van der Waals surface area contributed by atoms with E-state index in [2.05, 4.69) is 20.9 Å². The summed E-state index contributed by atoms with van der Waals surface area (Å²) in [6.45, 7) is 1.45. The molecule has 1 aliphatic heterocycles. The maximum Gasteiger partial charge on any atom is 0.431 e. The Balaban J connectivity index is 1.30. The number of ether oxygens (including phenoxy) is 1. The maximum absolute atomic E-state index is 12.2. The molecule has 0 unspecified atom stereocenters. The summed E-state index contributed by atoms with van der Waals surface area (Å²) >= 11 is 11.6. The van der Waals surface area contributed by atoms with Gasteiger partial charge >= 0.3 is 6.09 Å². The van der Waals surface area contributed by atoms with E-state index in [-0.39, 0.29) is 23.3 Å². The van der Waals surface area contributed by atoms with Crippen LogP contribution in [0.4, 0.5) is 16.3 Å². The summed E-state index contributed by atoms with van der Waals surface area (Å²) in [5.41, 5.74) is 1.39. The van der Waals surface area contributed by atoms with E-state index in [1.54, 1.807) is 35.4 Å². The molecule has 0 saturated carbocycles. The Morgan fingerprint density at radius 1 is 1.03 bits per heavy atom. The van der Waals surface area contributed by atoms with Crippen LogP contribution < -0.4 is 20.7 Å². The molecule has 1 fully saturated rings. The molecule has 0 radical (unpaired) electrons. The largest absolute Gasteiger partial charge is 0.457 e. The average molecular weight is 512 g/mol. The molecule has 0 spiro atoms. The highest BCUT2D eigenvalue weighted by molar-refractivity contribution is 7.80. The second-order valence-corrected chi connectivity index (χ2v) is 8.39. The van der Waals surface area contributed by atoms with Gasteiger partial charge in [-0.05, 0) is 42.4 Å². The topological polar surface area (TPSA) is 105 Å². The summed E-state index contributed by atoms with van der Waals surface area (Å²) in [6, 6.07) is 17.5. The van der Waals surface area contributed by atoms with E-state index in [0.717, 1.165) is 25.1 Å². The zero-order chi connectivity index (χ0) is 24.6. The van der Waals surface area contributed by atoms with Crippen LogP contribution in [0.3, 0.4) is 0 Å². The standard InChI is InChI=1S/C24H22ClN5O4S/c25-19-14-17(33-18-9-10-26-21(15-18)28-24(32)34-30-11-4-12-30)7-8-20(19)27-23(35)29-22(31)13-16-5-2-1-3-6-16/h1-3,5-10,14-15H,4,11-13H2,(H,26,28,32)(H2,27,29,31,35). The van der Waals surface area contributed by atoms with Crippen LogP contribution in [0.5, 0.6) is 11.5 Å². The molecule has 4 rings (SSSR count). The number of thiocarbonyl (C=S) groups is 1. The molecule has 2 aromatic carbocycles. The third-order valence-electron chi connectivity index (χ3n) is 4.87. The molecule has 2 amide bonds. The number of carbonyl (C=O) groups excluding carboxylic acids is 2. The van der Waals surface area contributed by atoms with E-state index in [4.69, 9.17) is 33.4 Å². The Morgan fingerprint density at radius 2 is 1.80 bits per heavy atom. The molecule has 1 aromatic heterocycles. The second kappa shape index (κ2) is 11.6. The van der Waals surface area contributed by atoms with Gasteiger partial charge in [0.05, 0.1) is 17.1 Å². The van der Waals surface area contributed by atoms with Crippen LogP contribution in [0.2, 0.25) is 5.02 Å². The maximum atomic E-state index is 12.2. The van der Waals surface area contributed by atoms with Crippen LogP contribution in [-0.4, -0.2) is 40.2 Å². The van der Waals surface area contributed by atoms with Gasteiger partial charge in [0.15, 0.2) is 5.11 Å². The fraction of sp³-hybridized carbons (Fsp3) is 0.167. The Bertz CT molecular complexity index is 1220. The smallest absolute Gasteiger partial charge is 0.431 e. The van der Waals surface area contributed by atoms with E-state index in [0.29, 0.717) is 22.2 Å². The summed E-state index contributed by atoms with van der Waals surface area (Å²) in [6.07, 6.45) is 2.10. The SMILES string of the molecule is O=C(Cc1ccccc1)NC(=S)Nc1ccc(Oc2ccnc(NC(=O)ON3CCC3)c2)cc1Cl. The van der Waals surface area contributed by atoms with Crippen molar-refractivity contribution in [3.05, 3.63) is 77.4 Å². The molecule has 2 heterocycles. The molecule has 0 atom stereocenters. The molecule has 35 heavy (non-hydrogen) atoms. The first-order chi connectivity index (χ1) is 16.9. The van der Waals surface area contributed by atoms with E-state index < -0.39 is 6.09 Å². The lowest BCUT2D eigenvalue weighted by Gasteiger charge is -2.28. The highest BCUT2D eigenvalue weighted by Gasteiger charge is 2.19. The van der Waals surface area contributed by atoms with Gasteiger partial charge in [-0.1, -0.05) is 41.9 Å². The lowest BCUT2D eigenvalue weighted by Crippen LogP contribution is -2.40. The van der Waals surface area contributed by atoms with Crippen molar-refractivity contribution < 1.29 is 19.2 Å². The molecular weight excluding hydrogens is 490 g/mol. The number of aromatic nitrogens is 1. The van der Waals surface area contributed by atoms with Crippen molar-refractivity contribution in [3.8, 4) is 11.5 Å². The predicted octanol–water partition coefficient (Wildman–Crippen LogP) is 4.75. The highest BCUT2D eigenvalue weighted by atomic mass is 35.5. The van der Waals surface area contributed by atoms with Gasteiger partial charge in [-0.15, -0.1) is 5.06 Å². The number of hydrogen-bond acceptors (Lipinski definition) is 7. The number of hydrogen-bond donors (Lipinski definition) is 3. The number of pyridine rings is 1. The Kier molecular flexibility index (Phi) is 8.09. The number of rotatable bonds is 7. The number of nitrogens with zero attached hydrogens (tertiary/aromatic N) is 2. The third-order valence-corrected chi connectivity index (χ3v) is 5.39. The van der Waals surface area contributed by atoms with E-state index in [9.17, 15) is 9.59 Å². The Morgan fingerprint density at radius 3 is 2.51 bits per heavy atom. The van der Waals surface area contributed by atoms with E-state index >= 15 is 0 Å². The number of anilines is 2. The monoisotopic (exact) mass is 511 g/mol. The van der Waals surface area contributed by atoms with Gasteiger partial charge in [-0.25, -0.2) is 9.78 Å². The van der Waals surface area contributed by atoms with Crippen molar-refractivity contribution in [1.82, 2.24) is 15.4 Å². The number of amides is 2. The summed E-state index contributed by atoms with van der Waals surface area (Å²) in [5, 5.41) is 10.1. The predicted molar refractivity (Wildman–Crippen MR) is 137 cm³/mol. The molecule has 0 aliphatic carbocycles. The molecular formula is C24H22ClN5O4S. The number of nitrogens with one attached hydrogen (secondary N) is 3. The van der Waals surface area contributed by atoms with Crippen LogP contribution in [-0.2, 0) is 16.1 Å². The normalized spacial score (nSPS) is 12.7. The van der Waals surface area contributed by atoms with Gasteiger partial charge in [0.2, 0.25) is 5.91 Å². The van der Waals surface area contributed by atoms with Crippen molar-refractivity contribution in [2.45, 2.75) is 12.8 Å². The molecule has 180 valence electrons. The third kappa shape index (κ3) is 7.38. The average Bonchev–Trinajstić information content (AvgIpc) is 2.79. The number of hydroxylamine groups is 2. The summed E-state index contributed by atoms with van der Waals surface area (Å²) < 4.78 is 5.83. The minimum atomic E-state index is -0.611. The molecule has 1 saturated heterocycles. The summed E-state index contributed by atoms with van der Waals surface area (Å²) in [5.74, 6) is 0.953. The number of benzene rings is 2. The Labute approximate surface area is 212 Å². The first kappa shape index (κ1) is 24.4. The zero-order valence-corrected chi connectivity index (χ0v) is 20.1. The van der Waals surface area contributed by atoms with Crippen molar-refractivity contribution in [1.29, 1.82) is 0 Å². The molecule has 3 N–H and O–H groups in total. The van der Waals surface area contributed by atoms with Gasteiger partial charge in [0, 0.05) is 31.4 Å². The van der Waals surface area contributed by atoms with Gasteiger partial charge in [-0.3, -0.25) is 10.1 Å². The van der Waals surface area contributed by atoms with Crippen molar-refractivity contribution in [2.75, 3.05) is 23.7 Å². The van der Waals surface area contributed by atoms with Crippen molar-refractivity contribution in [3.63, 3.8) is 0 Å². The van der Waals surface area contributed by atoms with Crippen LogP contribution in [0.1, 0.15) is 12.0 Å². The number of carbonyl (C=O) groups is 2. The van der Waals surface area contributed by atoms with Gasteiger partial charge in [-0.2, -0.15) is 0 Å². The first-order valence-electron chi connectivity index (χ1n) is 10.8. The lowest BCUT2D eigenvalue weighted by molar-refractivity contribution is -0.136. The zero-order valence-electron chi connectivity index (χ0n) is 18.5. The molecule has 0 bridgehead atoms. The minimum absolute atomic E-state index is 0.136. The fourth-order valence-corrected chi connectivity index (χ4v) is 3.51. The minimum Gasteiger partial charge on any atom is -0.457 e. The van der Waals surface area contributed by atoms with Crippen molar-refractivity contribution in [2.24, 2.45) is 0 Å². The van der Waals surface area contributed by atoms with E-state index in [1.165, 1.54) is 6.20 Å². The van der Waals surface area contributed by atoms with Crippen LogP contribution in [0.25, 0.3) is 0 Å². The Hall–Kier alpha value is -3.73. The fourth-order valence-electron chi connectivity index (χ4n) is 3.07. The molecule has 11 heteroatoms. The van der Waals surface area contributed by atoms with Gasteiger partial charge < -0.3 is 20.2 Å². The van der Waals surface area contributed by atoms with Gasteiger partial charge in [0.25, 0.3) is 0 Å². The molecule has 3 aromatic rings. The first-order valence-corrected chi connectivity index (χ1v) is 11.6. The molecule has 9 nitrogen and oxygen atoms in total. The van der Waals surface area contributed by atoms with Crippen LogP contribution >= 0.6 is 23.8 Å².